The van der Waals surface area contributed by atoms with Crippen LogP contribution in [-0.2, 0) is 0 Å². The molecule has 1 aromatic carbocycles. The predicted molar refractivity (Wildman–Crippen MR) is 112 cm³/mol. The Morgan fingerprint density at radius 3 is 2.64 bits per heavy atom. The quantitative estimate of drug-likeness (QED) is 0.562. The molecule has 3 aromatic heterocycles. The van der Waals surface area contributed by atoms with Gasteiger partial charge in [0, 0.05) is 46.3 Å². The van der Waals surface area contributed by atoms with Gasteiger partial charge >= 0.3 is 0 Å². The fourth-order valence-corrected chi connectivity index (χ4v) is 3.73. The summed E-state index contributed by atoms with van der Waals surface area (Å²) in [6.45, 7) is 3.83. The number of amides is 1. The van der Waals surface area contributed by atoms with E-state index in [-0.39, 0.29) is 17.5 Å². The minimum atomic E-state index is -0.294. The van der Waals surface area contributed by atoms with Gasteiger partial charge in [-0.05, 0) is 32.0 Å². The van der Waals surface area contributed by atoms with Gasteiger partial charge in [-0.1, -0.05) is 18.2 Å². The van der Waals surface area contributed by atoms with Gasteiger partial charge < -0.3 is 4.57 Å². The Labute approximate surface area is 165 Å². The van der Waals surface area contributed by atoms with Gasteiger partial charge in [-0.3, -0.25) is 19.9 Å². The smallest absolute Gasteiger partial charge is 0.259 e. The number of thiazole rings is 1. The van der Waals surface area contributed by atoms with E-state index in [0.717, 1.165) is 11.3 Å². The van der Waals surface area contributed by atoms with Crippen molar-refractivity contribution in [2.75, 3.05) is 5.32 Å². The summed E-state index contributed by atoms with van der Waals surface area (Å²) in [5, 5.41) is 6.39. The largest absolute Gasteiger partial charge is 0.312 e. The van der Waals surface area contributed by atoms with Crippen molar-refractivity contribution in [2.45, 2.75) is 19.9 Å². The number of carbonyl (C=O) groups is 1. The first kappa shape index (κ1) is 18.1. The van der Waals surface area contributed by atoms with Crippen LogP contribution in [0.4, 0.5) is 5.13 Å². The van der Waals surface area contributed by atoms with Crippen LogP contribution in [0.1, 0.15) is 30.2 Å². The maximum Gasteiger partial charge on any atom is 0.259 e. The molecule has 0 aliphatic carbocycles. The Bertz CT molecular complexity index is 1210. The third kappa shape index (κ3) is 3.32. The Morgan fingerprint density at radius 1 is 1.14 bits per heavy atom. The van der Waals surface area contributed by atoms with Crippen LogP contribution >= 0.6 is 11.3 Å². The number of benzene rings is 1. The molecule has 0 atom stereocenters. The number of aromatic nitrogens is 3. The van der Waals surface area contributed by atoms with E-state index in [1.165, 1.54) is 11.3 Å². The Morgan fingerprint density at radius 2 is 1.93 bits per heavy atom. The lowest BCUT2D eigenvalue weighted by Gasteiger charge is -2.14. The van der Waals surface area contributed by atoms with Crippen LogP contribution in [0.25, 0.3) is 22.0 Å². The zero-order chi connectivity index (χ0) is 19.7. The highest BCUT2D eigenvalue weighted by Crippen LogP contribution is 2.25. The first-order valence-electron chi connectivity index (χ1n) is 8.86. The molecular weight excluding hydrogens is 372 g/mol. The average Bonchev–Trinajstić information content (AvgIpc) is 3.17. The third-order valence-corrected chi connectivity index (χ3v) is 5.19. The van der Waals surface area contributed by atoms with Crippen LogP contribution < -0.4 is 10.9 Å². The highest BCUT2D eigenvalue weighted by atomic mass is 32.1. The first-order chi connectivity index (χ1) is 13.5. The monoisotopic (exact) mass is 390 g/mol. The fraction of sp³-hybridized carbons (Fsp3) is 0.143. The molecule has 0 saturated carbocycles. The Balaban J connectivity index is 1.71. The molecule has 0 saturated heterocycles. The molecule has 0 bridgehead atoms. The van der Waals surface area contributed by atoms with Crippen LogP contribution in [0, 0.1) is 0 Å². The molecule has 1 amide bonds. The molecule has 0 aliphatic heterocycles. The van der Waals surface area contributed by atoms with Crippen molar-refractivity contribution in [3.8, 4) is 11.3 Å². The van der Waals surface area contributed by atoms with E-state index in [1.54, 1.807) is 41.4 Å². The summed E-state index contributed by atoms with van der Waals surface area (Å²) in [5.41, 5.74) is 1.99. The zero-order valence-corrected chi connectivity index (χ0v) is 16.2. The molecule has 0 radical (unpaired) electrons. The van der Waals surface area contributed by atoms with Crippen LogP contribution in [0.2, 0.25) is 0 Å². The van der Waals surface area contributed by atoms with Crippen LogP contribution in [0.5, 0.6) is 0 Å². The van der Waals surface area contributed by atoms with Crippen LogP contribution in [-0.4, -0.2) is 20.4 Å². The summed E-state index contributed by atoms with van der Waals surface area (Å²) in [6.07, 6.45) is 5.06. The molecule has 140 valence electrons. The van der Waals surface area contributed by atoms with E-state index in [1.807, 2.05) is 37.4 Å². The van der Waals surface area contributed by atoms with E-state index < -0.39 is 0 Å². The Hall–Kier alpha value is -3.32. The zero-order valence-electron chi connectivity index (χ0n) is 15.4. The van der Waals surface area contributed by atoms with Crippen LogP contribution in [0.3, 0.4) is 0 Å². The average molecular weight is 390 g/mol. The molecule has 28 heavy (non-hydrogen) atoms. The number of rotatable bonds is 4. The van der Waals surface area contributed by atoms with Gasteiger partial charge in [0.15, 0.2) is 5.13 Å². The molecule has 0 fully saturated rings. The van der Waals surface area contributed by atoms with Gasteiger partial charge in [-0.15, -0.1) is 11.3 Å². The van der Waals surface area contributed by atoms with Crippen LogP contribution in [0.15, 0.2) is 65.2 Å². The van der Waals surface area contributed by atoms with Gasteiger partial charge in [-0.2, -0.15) is 0 Å². The number of pyridine rings is 2. The van der Waals surface area contributed by atoms with Crippen molar-refractivity contribution >= 4 is 33.1 Å². The minimum absolute atomic E-state index is 0.0549. The van der Waals surface area contributed by atoms with Crippen molar-refractivity contribution in [3.05, 3.63) is 76.3 Å². The Kier molecular flexibility index (Phi) is 4.75. The second-order valence-corrected chi connectivity index (χ2v) is 7.49. The molecule has 0 spiro atoms. The van der Waals surface area contributed by atoms with E-state index in [4.69, 9.17) is 0 Å². The molecular formula is C21H18N4O2S. The van der Waals surface area contributed by atoms with Crippen molar-refractivity contribution in [2.24, 2.45) is 0 Å². The lowest BCUT2D eigenvalue weighted by atomic mass is 10.1. The maximum absolute atomic E-state index is 13.0. The van der Waals surface area contributed by atoms with E-state index in [0.29, 0.717) is 21.5 Å². The number of nitrogens with one attached hydrogen (secondary N) is 1. The van der Waals surface area contributed by atoms with E-state index in [9.17, 15) is 9.59 Å². The summed E-state index contributed by atoms with van der Waals surface area (Å²) in [4.78, 5) is 34.2. The lowest BCUT2D eigenvalue weighted by molar-refractivity contribution is 0.102. The summed E-state index contributed by atoms with van der Waals surface area (Å²) in [7, 11) is 0. The van der Waals surface area contributed by atoms with Crippen molar-refractivity contribution in [1.82, 2.24) is 14.5 Å². The SMILES string of the molecule is CC(C)n1cc(C(=O)Nc2nc(-c3cccnc3)cs2)c2ccccc2c1=O. The number of hydrogen-bond donors (Lipinski definition) is 1. The number of carbonyl (C=O) groups excluding carboxylic acids is 1. The molecule has 4 rings (SSSR count). The van der Waals surface area contributed by atoms with Gasteiger partial charge in [0.25, 0.3) is 11.5 Å². The van der Waals surface area contributed by atoms with Crippen molar-refractivity contribution in [3.63, 3.8) is 0 Å². The standard InChI is InChI=1S/C21H18N4O2S/c1-13(2)25-11-17(15-7-3-4-8-16(15)20(25)27)19(26)24-21-23-18(12-28-21)14-6-5-9-22-10-14/h3-13H,1-2H3,(H,23,24,26). The normalized spacial score (nSPS) is 11.1. The van der Waals surface area contributed by atoms with Gasteiger partial charge in [0.05, 0.1) is 11.3 Å². The third-order valence-electron chi connectivity index (χ3n) is 4.43. The van der Waals surface area contributed by atoms with E-state index in [2.05, 4.69) is 15.3 Å². The predicted octanol–water partition coefficient (Wildman–Crippen LogP) is 4.35. The summed E-state index contributed by atoms with van der Waals surface area (Å²) in [6, 6.07) is 10.9. The van der Waals surface area contributed by atoms with Gasteiger partial charge in [0.1, 0.15) is 0 Å². The van der Waals surface area contributed by atoms with Gasteiger partial charge in [-0.25, -0.2) is 4.98 Å². The molecule has 7 heteroatoms. The first-order valence-corrected chi connectivity index (χ1v) is 9.73. The maximum atomic E-state index is 13.0. The van der Waals surface area contributed by atoms with Crippen molar-refractivity contribution < 1.29 is 4.79 Å². The number of fused-ring (bicyclic) bond motifs is 1. The molecule has 0 unspecified atom stereocenters. The molecule has 3 heterocycles. The van der Waals surface area contributed by atoms with Gasteiger partial charge in [0.2, 0.25) is 0 Å². The number of hydrogen-bond acceptors (Lipinski definition) is 5. The highest BCUT2D eigenvalue weighted by molar-refractivity contribution is 7.14. The highest BCUT2D eigenvalue weighted by Gasteiger charge is 2.17. The second-order valence-electron chi connectivity index (χ2n) is 6.63. The number of nitrogens with zero attached hydrogens (tertiary/aromatic N) is 3. The summed E-state index contributed by atoms with van der Waals surface area (Å²) < 4.78 is 1.58. The summed E-state index contributed by atoms with van der Waals surface area (Å²) >= 11 is 1.35. The summed E-state index contributed by atoms with van der Waals surface area (Å²) in [5.74, 6) is -0.294. The van der Waals surface area contributed by atoms with Crippen molar-refractivity contribution in [1.29, 1.82) is 0 Å². The fourth-order valence-electron chi connectivity index (χ4n) is 3.02. The topological polar surface area (TPSA) is 76.9 Å². The molecule has 6 nitrogen and oxygen atoms in total. The molecule has 1 N–H and O–H groups in total. The van der Waals surface area contributed by atoms with E-state index >= 15 is 0 Å². The molecule has 4 aromatic rings. The lowest BCUT2D eigenvalue weighted by Crippen LogP contribution is -2.25. The second kappa shape index (κ2) is 7.36. The number of anilines is 1. The molecule has 0 aliphatic rings. The minimum Gasteiger partial charge on any atom is -0.312 e.